The number of hydrogen-bond donors (Lipinski definition) is 2. The first-order chi connectivity index (χ1) is 18.6. The lowest BCUT2D eigenvalue weighted by atomic mass is 10.00. The van der Waals surface area contributed by atoms with Crippen LogP contribution in [0.15, 0.2) is 77.4 Å². The molecule has 0 spiro atoms. The maximum absolute atomic E-state index is 13.5. The Kier molecular flexibility index (Phi) is 6.70. The molecule has 0 aliphatic carbocycles. The van der Waals surface area contributed by atoms with Crippen LogP contribution in [0.5, 0.6) is 0 Å². The second kappa shape index (κ2) is 10.1. The summed E-state index contributed by atoms with van der Waals surface area (Å²) in [6, 6.07) is 19.9. The summed E-state index contributed by atoms with van der Waals surface area (Å²) in [4.78, 5) is 35.7. The molecule has 196 valence electrons. The highest BCUT2D eigenvalue weighted by Gasteiger charge is 2.28. The molecule has 0 fully saturated rings. The van der Waals surface area contributed by atoms with Gasteiger partial charge in [-0.05, 0) is 88.7 Å². The van der Waals surface area contributed by atoms with Gasteiger partial charge in [-0.1, -0.05) is 22.9 Å². The zero-order chi connectivity index (χ0) is 27.7. The van der Waals surface area contributed by atoms with Crippen LogP contribution in [0.2, 0.25) is 0 Å². The molecule has 8 heteroatoms. The third-order valence-corrected chi connectivity index (χ3v) is 6.50. The van der Waals surface area contributed by atoms with E-state index in [0.717, 1.165) is 27.7 Å². The van der Waals surface area contributed by atoms with Crippen molar-refractivity contribution >= 4 is 28.4 Å². The van der Waals surface area contributed by atoms with Crippen molar-refractivity contribution < 1.29 is 14.1 Å². The normalized spacial score (nSPS) is 11.4. The number of amides is 2. The van der Waals surface area contributed by atoms with Crippen molar-refractivity contribution in [1.82, 2.24) is 20.4 Å². The first kappa shape index (κ1) is 25.8. The van der Waals surface area contributed by atoms with Gasteiger partial charge < -0.3 is 15.2 Å². The van der Waals surface area contributed by atoms with Crippen LogP contribution in [0, 0.1) is 20.8 Å². The molecule has 0 aliphatic heterocycles. The van der Waals surface area contributed by atoms with Gasteiger partial charge in [0.05, 0.1) is 33.7 Å². The van der Waals surface area contributed by atoms with E-state index in [4.69, 9.17) is 9.51 Å². The first-order valence-electron chi connectivity index (χ1n) is 12.6. The summed E-state index contributed by atoms with van der Waals surface area (Å²) in [6.07, 6.45) is 1.70. The lowest BCUT2D eigenvalue weighted by Gasteiger charge is -2.23. The molecule has 39 heavy (non-hydrogen) atoms. The maximum atomic E-state index is 13.5. The molecule has 2 amide bonds. The summed E-state index contributed by atoms with van der Waals surface area (Å²) in [5.74, 6) is 0.0268. The molecule has 5 rings (SSSR count). The van der Waals surface area contributed by atoms with Crippen molar-refractivity contribution in [2.75, 3.05) is 5.32 Å². The van der Waals surface area contributed by atoms with Crippen LogP contribution < -0.4 is 10.6 Å². The lowest BCUT2D eigenvalue weighted by molar-refractivity contribution is 0.0897. The van der Waals surface area contributed by atoms with E-state index in [9.17, 15) is 9.59 Å². The average molecular weight is 520 g/mol. The summed E-state index contributed by atoms with van der Waals surface area (Å²) in [5, 5.41) is 10.6. The van der Waals surface area contributed by atoms with Gasteiger partial charge in [-0.2, -0.15) is 0 Å². The number of benzene rings is 2. The van der Waals surface area contributed by atoms with Gasteiger partial charge in [0, 0.05) is 28.9 Å². The van der Waals surface area contributed by atoms with Gasteiger partial charge in [0.1, 0.15) is 0 Å². The Morgan fingerprint density at radius 2 is 1.64 bits per heavy atom. The van der Waals surface area contributed by atoms with E-state index >= 15 is 0 Å². The minimum Gasteiger partial charge on any atom is -0.359 e. The van der Waals surface area contributed by atoms with Crippen LogP contribution in [0.1, 0.15) is 57.1 Å². The zero-order valence-electron chi connectivity index (χ0n) is 22.5. The highest BCUT2D eigenvalue weighted by Crippen LogP contribution is 2.28. The summed E-state index contributed by atoms with van der Waals surface area (Å²) >= 11 is 0. The lowest BCUT2D eigenvalue weighted by Crippen LogP contribution is -2.40. The molecule has 3 aromatic heterocycles. The molecule has 5 aromatic rings. The molecule has 0 radical (unpaired) electrons. The van der Waals surface area contributed by atoms with E-state index in [-0.39, 0.29) is 11.8 Å². The van der Waals surface area contributed by atoms with E-state index in [1.807, 2.05) is 65.0 Å². The third-order valence-electron chi connectivity index (χ3n) is 6.50. The number of pyridine rings is 2. The van der Waals surface area contributed by atoms with Crippen LogP contribution in [-0.4, -0.2) is 26.9 Å². The molecular weight excluding hydrogens is 490 g/mol. The monoisotopic (exact) mass is 519 g/mol. The molecule has 0 bridgehead atoms. The fourth-order valence-electron chi connectivity index (χ4n) is 4.49. The smallest absolute Gasteiger partial charge is 0.256 e. The van der Waals surface area contributed by atoms with Gasteiger partial charge in [0.15, 0.2) is 5.76 Å². The Balaban J connectivity index is 1.40. The second-order valence-electron chi connectivity index (χ2n) is 10.2. The van der Waals surface area contributed by atoms with Crippen molar-refractivity contribution in [1.29, 1.82) is 0 Å². The molecule has 0 atom stereocenters. The predicted molar refractivity (Wildman–Crippen MR) is 151 cm³/mol. The second-order valence-corrected chi connectivity index (χ2v) is 10.2. The SMILES string of the molecule is Cc1cc(C)c2nc(-c3ccccn3)cc(C(=O)Nc3ccc(C(=O)NC(C)(C)c4cc(C)no4)cc3)c2c1. The van der Waals surface area contributed by atoms with Crippen molar-refractivity contribution in [2.45, 2.75) is 40.2 Å². The Hall–Kier alpha value is -4.85. The average Bonchev–Trinajstić information content (AvgIpc) is 3.36. The fourth-order valence-corrected chi connectivity index (χ4v) is 4.49. The van der Waals surface area contributed by atoms with Gasteiger partial charge in [0.25, 0.3) is 11.8 Å². The third kappa shape index (κ3) is 5.40. The first-order valence-corrected chi connectivity index (χ1v) is 12.6. The van der Waals surface area contributed by atoms with Crippen LogP contribution >= 0.6 is 0 Å². The highest BCUT2D eigenvalue weighted by atomic mass is 16.5. The molecule has 2 aromatic carbocycles. The number of rotatable bonds is 6. The Labute approximate surface area is 226 Å². The molecule has 0 unspecified atom stereocenters. The molecule has 8 nitrogen and oxygen atoms in total. The minimum atomic E-state index is -0.741. The van der Waals surface area contributed by atoms with Gasteiger partial charge in [-0.25, -0.2) is 4.98 Å². The summed E-state index contributed by atoms with van der Waals surface area (Å²) in [7, 11) is 0. The van der Waals surface area contributed by atoms with Crippen molar-refractivity contribution in [2.24, 2.45) is 0 Å². The predicted octanol–water partition coefficient (Wildman–Crippen LogP) is 6.13. The molecule has 2 N–H and O–H groups in total. The largest absolute Gasteiger partial charge is 0.359 e. The van der Waals surface area contributed by atoms with E-state index < -0.39 is 5.54 Å². The number of aromatic nitrogens is 3. The summed E-state index contributed by atoms with van der Waals surface area (Å²) in [6.45, 7) is 9.51. The highest BCUT2D eigenvalue weighted by molar-refractivity contribution is 6.13. The number of anilines is 1. The number of nitrogens with one attached hydrogen (secondary N) is 2. The van der Waals surface area contributed by atoms with Crippen LogP contribution in [0.25, 0.3) is 22.3 Å². The quantitative estimate of drug-likeness (QED) is 0.279. The molecule has 0 saturated carbocycles. The van der Waals surface area contributed by atoms with Gasteiger partial charge >= 0.3 is 0 Å². The molecule has 3 heterocycles. The number of carbonyl (C=O) groups is 2. The number of hydrogen-bond acceptors (Lipinski definition) is 6. The minimum absolute atomic E-state index is 0.266. The van der Waals surface area contributed by atoms with Crippen molar-refractivity contribution in [3.63, 3.8) is 0 Å². The van der Waals surface area contributed by atoms with Gasteiger partial charge in [0.2, 0.25) is 0 Å². The van der Waals surface area contributed by atoms with E-state index in [0.29, 0.717) is 34.0 Å². The molecule has 0 aliphatic rings. The molecular formula is C31H29N5O3. The van der Waals surface area contributed by atoms with E-state index in [1.165, 1.54) is 0 Å². The van der Waals surface area contributed by atoms with E-state index in [1.54, 1.807) is 42.6 Å². The van der Waals surface area contributed by atoms with Crippen molar-refractivity contribution in [3.05, 3.63) is 107 Å². The number of aryl methyl sites for hydroxylation is 3. The molecule has 0 saturated heterocycles. The number of carbonyl (C=O) groups excluding carboxylic acids is 2. The topological polar surface area (TPSA) is 110 Å². The Morgan fingerprint density at radius 1 is 0.872 bits per heavy atom. The van der Waals surface area contributed by atoms with Crippen LogP contribution in [0.4, 0.5) is 5.69 Å². The fraction of sp³-hybridized carbons (Fsp3) is 0.194. The summed E-state index contributed by atoms with van der Waals surface area (Å²) < 4.78 is 5.33. The van der Waals surface area contributed by atoms with Gasteiger partial charge in [-0.15, -0.1) is 0 Å². The van der Waals surface area contributed by atoms with Crippen LogP contribution in [-0.2, 0) is 5.54 Å². The van der Waals surface area contributed by atoms with Crippen LogP contribution in [0.3, 0.4) is 0 Å². The summed E-state index contributed by atoms with van der Waals surface area (Å²) in [5.41, 5.74) is 5.61. The van der Waals surface area contributed by atoms with Crippen molar-refractivity contribution in [3.8, 4) is 11.4 Å². The van der Waals surface area contributed by atoms with Gasteiger partial charge in [-0.3, -0.25) is 14.6 Å². The number of fused-ring (bicyclic) bond motifs is 1. The maximum Gasteiger partial charge on any atom is 0.256 e. The van der Waals surface area contributed by atoms with E-state index in [2.05, 4.69) is 20.8 Å². The number of nitrogens with zero attached hydrogens (tertiary/aromatic N) is 3. The standard InChI is InChI=1S/C31H29N5O3/c1-18-14-19(2)28-23(15-18)24(17-26(34-28)25-8-6-7-13-32-25)30(38)33-22-11-9-21(10-12-22)29(37)35-31(4,5)27-16-20(3)36-39-27/h6-17H,1-5H3,(H,33,38)(H,35,37). The Morgan fingerprint density at radius 3 is 2.31 bits per heavy atom. The Bertz CT molecular complexity index is 1690. The zero-order valence-corrected chi connectivity index (χ0v) is 22.5.